The first-order valence-electron chi connectivity index (χ1n) is 14.5. The Bertz CT molecular complexity index is 1640. The van der Waals surface area contributed by atoms with E-state index in [1.807, 2.05) is 36.4 Å². The van der Waals surface area contributed by atoms with Gasteiger partial charge in [0.05, 0.1) is 5.69 Å². The number of hydrogen-bond acceptors (Lipinski definition) is 5. The Morgan fingerprint density at radius 3 is 2.59 bits per heavy atom. The summed E-state index contributed by atoms with van der Waals surface area (Å²) in [7, 11) is 0. The lowest BCUT2D eigenvalue weighted by Crippen LogP contribution is -2.36. The fourth-order valence-electron chi connectivity index (χ4n) is 5.80. The molecule has 2 atom stereocenters. The van der Waals surface area contributed by atoms with Crippen LogP contribution in [0.2, 0.25) is 0 Å². The molecule has 3 aromatic carbocycles. The van der Waals surface area contributed by atoms with Crippen molar-refractivity contribution in [2.75, 3.05) is 17.2 Å². The molecular weight excluding hydrogens is 589 g/mol. The standard InChI is InChI=1S/C32H31F3N6O2S/c1-2-21-6-3-4-9-28(21)40-18-19-44-31(40)38-30(42)37-27-8-5-7-26(27)22-10-12-23(13-11-22)29-36-20-41(39-29)24-14-16-25(17-15-24)43-32(33,34)35/h3-4,6,9-17,20,26-27H,2,5,7-8,18-19H2,1H3,(H,37,42). The van der Waals surface area contributed by atoms with Gasteiger partial charge >= 0.3 is 12.4 Å². The van der Waals surface area contributed by atoms with Crippen molar-refractivity contribution < 1.29 is 22.7 Å². The van der Waals surface area contributed by atoms with E-state index in [9.17, 15) is 18.0 Å². The number of para-hydroxylation sites is 1. The number of aliphatic imine (C=N–C) groups is 1. The van der Waals surface area contributed by atoms with Crippen LogP contribution in [-0.2, 0) is 6.42 Å². The summed E-state index contributed by atoms with van der Waals surface area (Å²) in [5.74, 6) is 1.24. The minimum absolute atomic E-state index is 0.0119. The predicted octanol–water partition coefficient (Wildman–Crippen LogP) is 7.35. The molecule has 0 spiro atoms. The van der Waals surface area contributed by atoms with Gasteiger partial charge in [-0.2, -0.15) is 4.99 Å². The fraction of sp³-hybridized carbons (Fsp3) is 0.312. The summed E-state index contributed by atoms with van der Waals surface area (Å²) < 4.78 is 42.8. The zero-order valence-electron chi connectivity index (χ0n) is 24.0. The molecule has 1 saturated carbocycles. The molecule has 0 bridgehead atoms. The Labute approximate surface area is 257 Å². The highest BCUT2D eigenvalue weighted by Crippen LogP contribution is 2.36. The van der Waals surface area contributed by atoms with Crippen LogP contribution in [-0.4, -0.2) is 50.7 Å². The molecule has 4 aromatic rings. The third kappa shape index (κ3) is 6.75. The Morgan fingerprint density at radius 1 is 1.07 bits per heavy atom. The molecule has 2 fully saturated rings. The van der Waals surface area contributed by atoms with Gasteiger partial charge in [-0.1, -0.05) is 67.6 Å². The minimum Gasteiger partial charge on any atom is -0.406 e. The van der Waals surface area contributed by atoms with Crippen molar-refractivity contribution in [1.82, 2.24) is 20.1 Å². The van der Waals surface area contributed by atoms with Gasteiger partial charge in [0, 0.05) is 35.5 Å². The molecular formula is C32H31F3N6O2S. The highest BCUT2D eigenvalue weighted by Gasteiger charge is 2.32. The molecule has 228 valence electrons. The van der Waals surface area contributed by atoms with Crippen molar-refractivity contribution in [3.8, 4) is 22.8 Å². The average molecular weight is 621 g/mol. The number of nitrogens with one attached hydrogen (secondary N) is 1. The lowest BCUT2D eigenvalue weighted by molar-refractivity contribution is -0.274. The van der Waals surface area contributed by atoms with Crippen LogP contribution in [0.4, 0.5) is 23.7 Å². The van der Waals surface area contributed by atoms with Crippen LogP contribution in [0.5, 0.6) is 5.75 Å². The third-order valence-electron chi connectivity index (χ3n) is 7.89. The molecule has 0 radical (unpaired) electrons. The number of rotatable bonds is 7. The predicted molar refractivity (Wildman–Crippen MR) is 165 cm³/mol. The number of amides is 2. The molecule has 2 amide bonds. The number of thioether (sulfide) groups is 1. The maximum absolute atomic E-state index is 13.1. The summed E-state index contributed by atoms with van der Waals surface area (Å²) in [5.41, 5.74) is 4.82. The number of amidine groups is 1. The van der Waals surface area contributed by atoms with E-state index in [1.165, 1.54) is 40.8 Å². The Morgan fingerprint density at radius 2 is 1.84 bits per heavy atom. The molecule has 1 aliphatic carbocycles. The second-order valence-corrected chi connectivity index (χ2v) is 11.7. The lowest BCUT2D eigenvalue weighted by Gasteiger charge is -2.22. The van der Waals surface area contributed by atoms with E-state index in [2.05, 4.69) is 49.1 Å². The van der Waals surface area contributed by atoms with Gasteiger partial charge in [-0.15, -0.1) is 18.3 Å². The third-order valence-corrected chi connectivity index (χ3v) is 8.84. The SMILES string of the molecule is CCc1ccccc1N1CCSC1=NC(=O)NC1CCCC1c1ccc(-c2ncn(-c3ccc(OC(F)(F)F)cc3)n2)cc1. The zero-order chi connectivity index (χ0) is 30.7. The first-order valence-corrected chi connectivity index (χ1v) is 15.5. The topological polar surface area (TPSA) is 84.6 Å². The van der Waals surface area contributed by atoms with Crippen molar-refractivity contribution in [2.45, 2.75) is 50.9 Å². The molecule has 6 rings (SSSR count). The molecule has 1 aromatic heterocycles. The van der Waals surface area contributed by atoms with E-state index in [1.54, 1.807) is 11.8 Å². The molecule has 1 N–H and O–H groups in total. The van der Waals surface area contributed by atoms with E-state index in [4.69, 9.17) is 0 Å². The largest absolute Gasteiger partial charge is 0.573 e. The summed E-state index contributed by atoms with van der Waals surface area (Å²) >= 11 is 1.61. The number of carbonyl (C=O) groups excluding carboxylic acids is 1. The first-order chi connectivity index (χ1) is 21.3. The number of aromatic nitrogens is 3. The number of benzene rings is 3. The molecule has 2 heterocycles. The molecule has 8 nitrogen and oxygen atoms in total. The van der Waals surface area contributed by atoms with Crippen molar-refractivity contribution in [2.24, 2.45) is 4.99 Å². The van der Waals surface area contributed by atoms with Crippen LogP contribution < -0.4 is 15.0 Å². The van der Waals surface area contributed by atoms with Gasteiger partial charge in [-0.25, -0.2) is 14.5 Å². The number of alkyl halides is 3. The summed E-state index contributed by atoms with van der Waals surface area (Å²) in [5, 5.41) is 8.40. The van der Waals surface area contributed by atoms with Crippen LogP contribution in [0.25, 0.3) is 17.1 Å². The second-order valence-electron chi connectivity index (χ2n) is 10.6. The highest BCUT2D eigenvalue weighted by molar-refractivity contribution is 8.14. The first kappa shape index (κ1) is 29.7. The number of anilines is 1. The number of halogens is 3. The van der Waals surface area contributed by atoms with E-state index >= 15 is 0 Å². The van der Waals surface area contributed by atoms with Crippen LogP contribution >= 0.6 is 11.8 Å². The van der Waals surface area contributed by atoms with Crippen molar-refractivity contribution >= 4 is 28.6 Å². The van der Waals surface area contributed by atoms with E-state index in [0.717, 1.165) is 60.0 Å². The molecule has 2 unspecified atom stereocenters. The van der Waals surface area contributed by atoms with Crippen LogP contribution in [0.3, 0.4) is 0 Å². The van der Waals surface area contributed by atoms with Crippen molar-refractivity contribution in [3.63, 3.8) is 0 Å². The van der Waals surface area contributed by atoms with Gasteiger partial charge < -0.3 is 15.0 Å². The van der Waals surface area contributed by atoms with Gasteiger partial charge in [-0.3, -0.25) is 0 Å². The van der Waals surface area contributed by atoms with Gasteiger partial charge in [0.1, 0.15) is 12.1 Å². The average Bonchev–Trinajstić information content (AvgIpc) is 3.79. The quantitative estimate of drug-likeness (QED) is 0.233. The molecule has 1 aliphatic heterocycles. The normalized spacial score (nSPS) is 19.5. The number of urea groups is 1. The highest BCUT2D eigenvalue weighted by atomic mass is 32.2. The molecule has 2 aliphatic rings. The smallest absolute Gasteiger partial charge is 0.406 e. The van der Waals surface area contributed by atoms with Crippen LogP contribution in [0.1, 0.15) is 43.2 Å². The number of carbonyl (C=O) groups is 1. The van der Waals surface area contributed by atoms with Gasteiger partial charge in [-0.05, 0) is 60.7 Å². The summed E-state index contributed by atoms with van der Waals surface area (Å²) in [6, 6.07) is 21.3. The minimum atomic E-state index is -4.75. The molecule has 44 heavy (non-hydrogen) atoms. The number of hydrogen-bond donors (Lipinski definition) is 1. The summed E-state index contributed by atoms with van der Waals surface area (Å²) in [4.78, 5) is 24.1. The van der Waals surface area contributed by atoms with Crippen LogP contribution in [0.15, 0.2) is 84.1 Å². The van der Waals surface area contributed by atoms with Gasteiger partial charge in [0.2, 0.25) is 0 Å². The molecule has 12 heteroatoms. The van der Waals surface area contributed by atoms with E-state index in [0.29, 0.717) is 11.5 Å². The van der Waals surface area contributed by atoms with Crippen molar-refractivity contribution in [3.05, 3.63) is 90.3 Å². The van der Waals surface area contributed by atoms with Gasteiger partial charge in [0.15, 0.2) is 11.0 Å². The van der Waals surface area contributed by atoms with Gasteiger partial charge in [0.25, 0.3) is 0 Å². The second kappa shape index (κ2) is 12.7. The molecule has 1 saturated heterocycles. The summed E-state index contributed by atoms with van der Waals surface area (Å²) in [6.07, 6.45) is 0.540. The van der Waals surface area contributed by atoms with E-state index < -0.39 is 6.36 Å². The fourth-order valence-corrected chi connectivity index (χ4v) is 6.75. The number of aryl methyl sites for hydroxylation is 1. The van der Waals surface area contributed by atoms with Crippen molar-refractivity contribution in [1.29, 1.82) is 0 Å². The Balaban J connectivity index is 1.10. The monoisotopic (exact) mass is 620 g/mol. The zero-order valence-corrected chi connectivity index (χ0v) is 24.8. The Hall–Kier alpha value is -4.32. The maximum Gasteiger partial charge on any atom is 0.573 e. The Kier molecular flexibility index (Phi) is 8.60. The summed E-state index contributed by atoms with van der Waals surface area (Å²) in [6.45, 7) is 2.95. The van der Waals surface area contributed by atoms with E-state index in [-0.39, 0.29) is 23.7 Å². The number of nitrogens with zero attached hydrogens (tertiary/aromatic N) is 5. The lowest BCUT2D eigenvalue weighted by atomic mass is 9.93. The van der Waals surface area contributed by atoms with Crippen LogP contribution in [0, 0.1) is 0 Å². The maximum atomic E-state index is 13.1. The number of ether oxygens (including phenoxy) is 1.